The van der Waals surface area contributed by atoms with Crippen molar-refractivity contribution in [2.45, 2.75) is 34.6 Å². The summed E-state index contributed by atoms with van der Waals surface area (Å²) in [5, 5.41) is 3.68. The molecule has 1 aliphatic rings. The van der Waals surface area contributed by atoms with Gasteiger partial charge in [0.05, 0.1) is 0 Å². The zero-order chi connectivity index (χ0) is 13.7. The predicted octanol–water partition coefficient (Wildman–Crippen LogP) is 4.27. The van der Waals surface area contributed by atoms with Gasteiger partial charge < -0.3 is 5.32 Å². The van der Waals surface area contributed by atoms with Crippen LogP contribution in [-0.2, 0) is 4.79 Å². The summed E-state index contributed by atoms with van der Waals surface area (Å²) in [5.41, 5.74) is 1.85. The van der Waals surface area contributed by atoms with Gasteiger partial charge in [0.15, 0.2) is 0 Å². The van der Waals surface area contributed by atoms with Crippen molar-refractivity contribution < 1.29 is 4.79 Å². The summed E-state index contributed by atoms with van der Waals surface area (Å²) in [7, 11) is 0. The minimum atomic E-state index is 0.0587. The van der Waals surface area contributed by atoms with E-state index in [2.05, 4.69) is 33.0 Å². The summed E-state index contributed by atoms with van der Waals surface area (Å²) in [5.74, 6) is 0.152. The summed E-state index contributed by atoms with van der Waals surface area (Å²) < 4.78 is 0. The van der Waals surface area contributed by atoms with Crippen LogP contribution in [0.5, 0.6) is 0 Å². The van der Waals surface area contributed by atoms with Crippen LogP contribution in [0.25, 0.3) is 0 Å². The van der Waals surface area contributed by atoms with E-state index in [1.54, 1.807) is 0 Å². The number of halogens is 1. The van der Waals surface area contributed by atoms with Gasteiger partial charge in [0.2, 0.25) is 5.91 Å². The number of carbonyl (C=O) groups is 1. The van der Waals surface area contributed by atoms with E-state index in [4.69, 9.17) is 11.6 Å². The summed E-state index contributed by atoms with van der Waals surface area (Å²) in [6.45, 7) is 10.5. The van der Waals surface area contributed by atoms with Gasteiger partial charge >= 0.3 is 0 Å². The number of benzene rings is 1. The van der Waals surface area contributed by atoms with Crippen molar-refractivity contribution in [3.05, 3.63) is 28.8 Å². The molecule has 1 amide bonds. The Labute approximate surface area is 114 Å². The van der Waals surface area contributed by atoms with Crippen LogP contribution in [-0.4, -0.2) is 5.91 Å². The summed E-state index contributed by atoms with van der Waals surface area (Å²) in [6, 6.07) is 5.58. The molecule has 98 valence electrons. The van der Waals surface area contributed by atoms with Gasteiger partial charge in [-0.1, -0.05) is 45.4 Å². The molecule has 0 aromatic heterocycles. The SMILES string of the molecule is Cc1c(Cl)cccc1NC(=O)C1C(C)(C)C1(C)C. The minimum Gasteiger partial charge on any atom is -0.326 e. The third-order valence-corrected chi connectivity index (χ3v) is 5.22. The molecule has 0 atom stereocenters. The average Bonchev–Trinajstić information content (AvgIpc) is 2.65. The van der Waals surface area contributed by atoms with Gasteiger partial charge in [-0.2, -0.15) is 0 Å². The van der Waals surface area contributed by atoms with Gasteiger partial charge in [-0.25, -0.2) is 0 Å². The van der Waals surface area contributed by atoms with E-state index in [9.17, 15) is 4.79 Å². The molecule has 0 heterocycles. The third kappa shape index (κ3) is 1.83. The molecule has 1 N–H and O–H groups in total. The first kappa shape index (κ1) is 13.4. The Morgan fingerprint density at radius 2 is 1.78 bits per heavy atom. The second kappa shape index (κ2) is 3.99. The molecule has 0 saturated heterocycles. The molecule has 1 saturated carbocycles. The average molecular weight is 266 g/mol. The van der Waals surface area contributed by atoms with E-state index in [1.165, 1.54) is 0 Å². The monoisotopic (exact) mass is 265 g/mol. The lowest BCUT2D eigenvalue weighted by Crippen LogP contribution is -2.18. The van der Waals surface area contributed by atoms with Gasteiger partial charge in [0, 0.05) is 16.6 Å². The molecule has 18 heavy (non-hydrogen) atoms. The quantitative estimate of drug-likeness (QED) is 0.850. The largest absolute Gasteiger partial charge is 0.326 e. The highest BCUT2D eigenvalue weighted by Gasteiger charge is 2.68. The Kier molecular flexibility index (Phi) is 2.97. The molecule has 2 rings (SSSR count). The Bertz CT molecular complexity index is 491. The van der Waals surface area contributed by atoms with E-state index < -0.39 is 0 Å². The Balaban J connectivity index is 2.17. The van der Waals surface area contributed by atoms with Crippen LogP contribution in [0.2, 0.25) is 5.02 Å². The smallest absolute Gasteiger partial charge is 0.228 e. The first-order chi connectivity index (χ1) is 8.19. The molecule has 0 spiro atoms. The first-order valence-corrected chi connectivity index (χ1v) is 6.63. The maximum Gasteiger partial charge on any atom is 0.228 e. The minimum absolute atomic E-state index is 0.0587. The molecular formula is C15H20ClNO. The molecule has 3 heteroatoms. The van der Waals surface area contributed by atoms with Gasteiger partial charge in [-0.15, -0.1) is 0 Å². The van der Waals surface area contributed by atoms with Crippen molar-refractivity contribution in [1.82, 2.24) is 0 Å². The second-order valence-corrected chi connectivity index (χ2v) is 6.69. The second-order valence-electron chi connectivity index (χ2n) is 6.28. The van der Waals surface area contributed by atoms with Crippen molar-refractivity contribution in [1.29, 1.82) is 0 Å². The van der Waals surface area contributed by atoms with Crippen molar-refractivity contribution >= 4 is 23.2 Å². The van der Waals surface area contributed by atoms with Gasteiger partial charge in [-0.05, 0) is 35.4 Å². The number of amides is 1. The highest BCUT2D eigenvalue weighted by Crippen LogP contribution is 2.68. The number of rotatable bonds is 2. The first-order valence-electron chi connectivity index (χ1n) is 6.25. The number of hydrogen-bond acceptors (Lipinski definition) is 1. The molecule has 0 aliphatic heterocycles. The van der Waals surface area contributed by atoms with Crippen LogP contribution in [0.1, 0.15) is 33.3 Å². The molecule has 1 fully saturated rings. The van der Waals surface area contributed by atoms with E-state index in [0.717, 1.165) is 11.3 Å². The van der Waals surface area contributed by atoms with Crippen LogP contribution in [0, 0.1) is 23.7 Å². The zero-order valence-electron chi connectivity index (χ0n) is 11.6. The van der Waals surface area contributed by atoms with Crippen molar-refractivity contribution in [2.24, 2.45) is 16.7 Å². The number of nitrogens with one attached hydrogen (secondary N) is 1. The fourth-order valence-corrected chi connectivity index (χ4v) is 2.97. The van der Waals surface area contributed by atoms with Gasteiger partial charge in [0.25, 0.3) is 0 Å². The summed E-state index contributed by atoms with van der Waals surface area (Å²) in [6.07, 6.45) is 0. The normalized spacial score (nSPS) is 20.6. The summed E-state index contributed by atoms with van der Waals surface area (Å²) >= 11 is 6.05. The number of hydrogen-bond donors (Lipinski definition) is 1. The molecule has 1 aromatic carbocycles. The molecule has 1 aromatic rings. The lowest BCUT2D eigenvalue weighted by molar-refractivity contribution is -0.118. The molecule has 0 unspecified atom stereocenters. The van der Waals surface area contributed by atoms with Crippen molar-refractivity contribution in [3.8, 4) is 0 Å². The van der Waals surface area contributed by atoms with Gasteiger partial charge in [0.1, 0.15) is 0 Å². The van der Waals surface area contributed by atoms with Crippen molar-refractivity contribution in [3.63, 3.8) is 0 Å². The molecular weight excluding hydrogens is 246 g/mol. The van der Waals surface area contributed by atoms with E-state index >= 15 is 0 Å². The van der Waals surface area contributed by atoms with Crippen LogP contribution in [0.15, 0.2) is 18.2 Å². The fourth-order valence-electron chi connectivity index (χ4n) is 2.80. The fraction of sp³-hybridized carbons (Fsp3) is 0.533. The number of anilines is 1. The van der Waals surface area contributed by atoms with Crippen LogP contribution in [0.4, 0.5) is 5.69 Å². The lowest BCUT2D eigenvalue weighted by atomic mass is 10.0. The third-order valence-electron chi connectivity index (χ3n) is 4.81. The highest BCUT2D eigenvalue weighted by atomic mass is 35.5. The Morgan fingerprint density at radius 1 is 1.22 bits per heavy atom. The van der Waals surface area contributed by atoms with Crippen LogP contribution in [0.3, 0.4) is 0 Å². The van der Waals surface area contributed by atoms with Crippen LogP contribution >= 0.6 is 11.6 Å². The Hall–Kier alpha value is -1.02. The van der Waals surface area contributed by atoms with E-state index in [1.807, 2.05) is 25.1 Å². The summed E-state index contributed by atoms with van der Waals surface area (Å²) in [4.78, 5) is 12.3. The predicted molar refractivity (Wildman–Crippen MR) is 75.9 cm³/mol. The zero-order valence-corrected chi connectivity index (χ0v) is 12.4. The lowest BCUT2D eigenvalue weighted by Gasteiger charge is -2.10. The maximum atomic E-state index is 12.3. The standard InChI is InChI=1S/C15H20ClNO/c1-9-10(16)7-6-8-11(9)17-13(18)12-14(2,3)15(12,4)5/h6-8,12H,1-5H3,(H,17,18). The van der Waals surface area contributed by atoms with Crippen LogP contribution < -0.4 is 5.32 Å². The number of carbonyl (C=O) groups excluding carboxylic acids is 1. The van der Waals surface area contributed by atoms with E-state index in [-0.39, 0.29) is 22.7 Å². The molecule has 0 bridgehead atoms. The topological polar surface area (TPSA) is 29.1 Å². The molecule has 2 nitrogen and oxygen atoms in total. The molecule has 0 radical (unpaired) electrons. The maximum absolute atomic E-state index is 12.3. The van der Waals surface area contributed by atoms with E-state index in [0.29, 0.717) is 5.02 Å². The Morgan fingerprint density at radius 3 is 2.28 bits per heavy atom. The molecule has 1 aliphatic carbocycles. The van der Waals surface area contributed by atoms with Gasteiger partial charge in [-0.3, -0.25) is 4.79 Å². The highest BCUT2D eigenvalue weighted by molar-refractivity contribution is 6.31. The van der Waals surface area contributed by atoms with Crippen molar-refractivity contribution in [2.75, 3.05) is 5.32 Å².